The smallest absolute Gasteiger partial charge is 0.0980 e. The van der Waals surface area contributed by atoms with Crippen LogP contribution in [0.4, 0.5) is 0 Å². The number of aliphatic hydroxyl groups is 1. The van der Waals surface area contributed by atoms with Crippen molar-refractivity contribution >= 4 is 22.9 Å². The summed E-state index contributed by atoms with van der Waals surface area (Å²) < 4.78 is 3.97. The minimum absolute atomic E-state index is 0.0951. The molecule has 2 aromatic rings. The molecule has 98 valence electrons. The molecular weight excluding hydrogens is 266 g/mol. The van der Waals surface area contributed by atoms with Gasteiger partial charge in [-0.25, -0.2) is 4.98 Å². The van der Waals surface area contributed by atoms with Gasteiger partial charge in [-0.2, -0.15) is 0 Å². The molecule has 0 fully saturated rings. The normalized spacial score (nSPS) is 13.8. The molecule has 0 aromatic carbocycles. The molecule has 4 nitrogen and oxygen atoms in total. The largest absolute Gasteiger partial charge is 0.387 e. The Kier molecular flexibility index (Phi) is 3.79. The van der Waals surface area contributed by atoms with E-state index < -0.39 is 6.10 Å². The van der Waals surface area contributed by atoms with E-state index in [-0.39, 0.29) is 5.41 Å². The molecule has 0 saturated carbocycles. The zero-order chi connectivity index (χ0) is 13.3. The van der Waals surface area contributed by atoms with Crippen molar-refractivity contribution in [2.45, 2.75) is 45.6 Å². The van der Waals surface area contributed by atoms with Crippen molar-refractivity contribution < 1.29 is 5.11 Å². The molecule has 0 radical (unpaired) electrons. The quantitative estimate of drug-likeness (QED) is 0.941. The van der Waals surface area contributed by atoms with E-state index in [9.17, 15) is 5.11 Å². The standard InChI is InChI=1S/C12H17N3OS2/c1-7-6-17-9(13-7)5-8(16)10-11(12(2,3)4)14-15-18-10/h6,8,16H,5H2,1-4H3. The summed E-state index contributed by atoms with van der Waals surface area (Å²) in [5.74, 6) is 0. The van der Waals surface area contributed by atoms with Crippen molar-refractivity contribution in [2.24, 2.45) is 0 Å². The predicted octanol–water partition coefficient (Wildman–Crippen LogP) is 2.88. The Morgan fingerprint density at radius 2 is 2.11 bits per heavy atom. The second-order valence-electron chi connectivity index (χ2n) is 5.34. The maximum Gasteiger partial charge on any atom is 0.0980 e. The third-order valence-corrected chi connectivity index (χ3v) is 4.38. The first-order valence-electron chi connectivity index (χ1n) is 5.79. The minimum atomic E-state index is -0.565. The summed E-state index contributed by atoms with van der Waals surface area (Å²) in [6.45, 7) is 8.19. The number of aryl methyl sites for hydroxylation is 1. The van der Waals surface area contributed by atoms with Gasteiger partial charge in [0.25, 0.3) is 0 Å². The van der Waals surface area contributed by atoms with Crippen LogP contribution in [0.3, 0.4) is 0 Å². The Morgan fingerprint density at radius 1 is 1.39 bits per heavy atom. The first-order valence-corrected chi connectivity index (χ1v) is 7.45. The van der Waals surface area contributed by atoms with Gasteiger partial charge in [0, 0.05) is 22.9 Å². The number of hydrogen-bond acceptors (Lipinski definition) is 6. The molecule has 0 aliphatic heterocycles. The van der Waals surface area contributed by atoms with Crippen molar-refractivity contribution in [3.05, 3.63) is 26.7 Å². The number of hydrogen-bond donors (Lipinski definition) is 1. The van der Waals surface area contributed by atoms with Crippen LogP contribution < -0.4 is 0 Å². The van der Waals surface area contributed by atoms with Crippen molar-refractivity contribution in [1.29, 1.82) is 0 Å². The summed E-state index contributed by atoms with van der Waals surface area (Å²) >= 11 is 2.86. The summed E-state index contributed by atoms with van der Waals surface area (Å²) in [6, 6.07) is 0. The van der Waals surface area contributed by atoms with Crippen LogP contribution in [-0.2, 0) is 11.8 Å². The lowest BCUT2D eigenvalue weighted by molar-refractivity contribution is 0.179. The van der Waals surface area contributed by atoms with Gasteiger partial charge in [-0.15, -0.1) is 16.4 Å². The van der Waals surface area contributed by atoms with Gasteiger partial charge in [-0.3, -0.25) is 0 Å². The molecule has 0 aliphatic carbocycles. The zero-order valence-electron chi connectivity index (χ0n) is 11.0. The molecule has 0 bridgehead atoms. The third-order valence-electron chi connectivity index (χ3n) is 2.56. The summed E-state index contributed by atoms with van der Waals surface area (Å²) in [5.41, 5.74) is 1.79. The molecule has 0 saturated heterocycles. The predicted molar refractivity (Wildman–Crippen MR) is 74.1 cm³/mol. The number of thiazole rings is 1. The van der Waals surface area contributed by atoms with Gasteiger partial charge in [0.05, 0.1) is 21.7 Å². The van der Waals surface area contributed by atoms with E-state index in [0.29, 0.717) is 6.42 Å². The number of rotatable bonds is 3. The summed E-state index contributed by atoms with van der Waals surface area (Å²) in [4.78, 5) is 5.23. The number of nitrogens with zero attached hydrogens (tertiary/aromatic N) is 3. The van der Waals surface area contributed by atoms with E-state index in [1.54, 1.807) is 11.3 Å². The summed E-state index contributed by atoms with van der Waals surface area (Å²) in [6.07, 6.45) is -0.0318. The molecule has 1 unspecified atom stereocenters. The van der Waals surface area contributed by atoms with E-state index in [0.717, 1.165) is 21.3 Å². The highest BCUT2D eigenvalue weighted by Crippen LogP contribution is 2.32. The second kappa shape index (κ2) is 5.03. The van der Waals surface area contributed by atoms with E-state index >= 15 is 0 Å². The van der Waals surface area contributed by atoms with Crippen LogP contribution in [0, 0.1) is 6.92 Å². The van der Waals surface area contributed by atoms with Gasteiger partial charge in [-0.05, 0) is 18.5 Å². The molecule has 0 spiro atoms. The maximum atomic E-state index is 10.3. The highest BCUT2D eigenvalue weighted by Gasteiger charge is 2.26. The van der Waals surface area contributed by atoms with Gasteiger partial charge < -0.3 is 5.11 Å². The first-order chi connectivity index (χ1) is 8.38. The van der Waals surface area contributed by atoms with E-state index in [4.69, 9.17) is 0 Å². The van der Waals surface area contributed by atoms with Crippen molar-refractivity contribution in [3.63, 3.8) is 0 Å². The Balaban J connectivity index is 2.19. The highest BCUT2D eigenvalue weighted by molar-refractivity contribution is 7.09. The van der Waals surface area contributed by atoms with Gasteiger partial charge in [0.1, 0.15) is 0 Å². The molecule has 0 aliphatic rings. The van der Waals surface area contributed by atoms with E-state index in [1.807, 2.05) is 12.3 Å². The molecule has 1 N–H and O–H groups in total. The third kappa shape index (κ3) is 2.93. The van der Waals surface area contributed by atoms with E-state index in [2.05, 4.69) is 35.3 Å². The molecule has 2 heterocycles. The topological polar surface area (TPSA) is 58.9 Å². The lowest BCUT2D eigenvalue weighted by Gasteiger charge is -2.18. The molecule has 2 rings (SSSR count). The minimum Gasteiger partial charge on any atom is -0.387 e. The molecule has 6 heteroatoms. The van der Waals surface area contributed by atoms with Crippen LogP contribution in [0.1, 0.15) is 48.1 Å². The van der Waals surface area contributed by atoms with Crippen molar-refractivity contribution in [3.8, 4) is 0 Å². The van der Waals surface area contributed by atoms with Crippen molar-refractivity contribution in [1.82, 2.24) is 14.6 Å². The van der Waals surface area contributed by atoms with Gasteiger partial charge in [0.15, 0.2) is 0 Å². The Hall–Kier alpha value is -0.850. The number of aliphatic hydroxyl groups excluding tert-OH is 1. The Morgan fingerprint density at radius 3 is 2.67 bits per heavy atom. The molecular formula is C12H17N3OS2. The van der Waals surface area contributed by atoms with Crippen molar-refractivity contribution in [2.75, 3.05) is 0 Å². The molecule has 2 aromatic heterocycles. The molecule has 1 atom stereocenters. The summed E-state index contributed by atoms with van der Waals surface area (Å²) in [7, 11) is 0. The van der Waals surface area contributed by atoms with Gasteiger partial charge in [0.2, 0.25) is 0 Å². The zero-order valence-corrected chi connectivity index (χ0v) is 12.6. The van der Waals surface area contributed by atoms with Crippen LogP contribution >= 0.6 is 22.9 Å². The molecule has 18 heavy (non-hydrogen) atoms. The average molecular weight is 283 g/mol. The SMILES string of the molecule is Cc1csc(CC(O)c2snnc2C(C)(C)C)n1. The lowest BCUT2D eigenvalue weighted by Crippen LogP contribution is -2.16. The first kappa shape index (κ1) is 13.6. The van der Waals surface area contributed by atoms with Gasteiger partial charge in [-0.1, -0.05) is 25.3 Å². The fourth-order valence-corrected chi connectivity index (χ4v) is 3.35. The second-order valence-corrected chi connectivity index (χ2v) is 7.07. The monoisotopic (exact) mass is 283 g/mol. The summed E-state index contributed by atoms with van der Waals surface area (Å²) in [5, 5.41) is 17.4. The van der Waals surface area contributed by atoms with Crippen LogP contribution in [0.2, 0.25) is 0 Å². The maximum absolute atomic E-state index is 10.3. The van der Waals surface area contributed by atoms with Gasteiger partial charge >= 0.3 is 0 Å². The van der Waals surface area contributed by atoms with Crippen LogP contribution in [0.5, 0.6) is 0 Å². The fraction of sp³-hybridized carbons (Fsp3) is 0.583. The Bertz CT molecular complexity index is 527. The Labute approximate surface area is 115 Å². The lowest BCUT2D eigenvalue weighted by atomic mass is 9.90. The average Bonchev–Trinajstić information content (AvgIpc) is 2.85. The highest BCUT2D eigenvalue weighted by atomic mass is 32.1. The van der Waals surface area contributed by atoms with Crippen LogP contribution in [-0.4, -0.2) is 19.7 Å². The van der Waals surface area contributed by atoms with Crippen LogP contribution in [0.25, 0.3) is 0 Å². The van der Waals surface area contributed by atoms with Crippen LogP contribution in [0.15, 0.2) is 5.38 Å². The fourth-order valence-electron chi connectivity index (χ4n) is 1.69. The van der Waals surface area contributed by atoms with E-state index in [1.165, 1.54) is 11.5 Å². The molecule has 0 amide bonds. The number of aromatic nitrogens is 3.